The van der Waals surface area contributed by atoms with Crippen LogP contribution in [0.25, 0.3) is 0 Å². The molecule has 3 atom stereocenters. The van der Waals surface area contributed by atoms with E-state index in [4.69, 9.17) is 0 Å². The number of rotatable bonds is 7. The molecule has 0 saturated heterocycles. The number of hydrogen-bond acceptors (Lipinski definition) is 2. The molecule has 1 aliphatic rings. The van der Waals surface area contributed by atoms with Crippen molar-refractivity contribution in [3.05, 3.63) is 71.8 Å². The minimum absolute atomic E-state index is 0. The average Bonchev–Trinajstić information content (AvgIpc) is 2.79. The molecule has 0 spiro atoms. The minimum atomic E-state index is -0.712. The number of benzene rings is 2. The molecule has 6 heteroatoms. The maximum Gasteiger partial charge on any atom is 0.191 e. The molecule has 0 amide bonds. The number of guanidine groups is 1. The molecule has 3 unspecified atom stereocenters. The van der Waals surface area contributed by atoms with Gasteiger partial charge in [0.25, 0.3) is 0 Å². The van der Waals surface area contributed by atoms with E-state index in [1.807, 2.05) is 14.0 Å². The van der Waals surface area contributed by atoms with Crippen molar-refractivity contribution in [2.75, 3.05) is 19.3 Å². The fourth-order valence-corrected chi connectivity index (χ4v) is 5.48. The Kier molecular flexibility index (Phi) is 10.9. The van der Waals surface area contributed by atoms with Crippen molar-refractivity contribution in [2.24, 2.45) is 4.99 Å². The second kappa shape index (κ2) is 13.1. The van der Waals surface area contributed by atoms with Crippen molar-refractivity contribution >= 4 is 40.7 Å². The molecule has 1 aliphatic carbocycles. The molecule has 30 heavy (non-hydrogen) atoms. The van der Waals surface area contributed by atoms with Gasteiger partial charge in [-0.15, -0.1) is 24.0 Å². The third kappa shape index (κ3) is 7.08. The highest BCUT2D eigenvalue weighted by Crippen LogP contribution is 2.24. The third-order valence-electron chi connectivity index (χ3n) is 5.72. The maximum absolute atomic E-state index is 12.2. The standard InChI is InChI=1S/C24H33N3OS.HI/c1-3-29(28)22-16-10-15-21(17-22)27-24(25-2)26-18-23(19-11-6-4-7-12-19)20-13-8-5-9-14-20;/h4-9,11-14,21-23H,3,10,15-18H2,1-2H3,(H2,25,26,27);1H. The lowest BCUT2D eigenvalue weighted by Crippen LogP contribution is -2.47. The van der Waals surface area contributed by atoms with E-state index in [9.17, 15) is 4.21 Å². The predicted octanol–water partition coefficient (Wildman–Crippen LogP) is 4.68. The molecule has 2 aromatic rings. The lowest BCUT2D eigenvalue weighted by Gasteiger charge is -2.30. The molecule has 1 saturated carbocycles. The zero-order valence-corrected chi connectivity index (χ0v) is 21.1. The minimum Gasteiger partial charge on any atom is -0.355 e. The van der Waals surface area contributed by atoms with Crippen LogP contribution in [-0.2, 0) is 10.8 Å². The summed E-state index contributed by atoms with van der Waals surface area (Å²) in [4.78, 5) is 4.45. The Balaban J connectivity index is 0.00000320. The summed E-state index contributed by atoms with van der Waals surface area (Å²) >= 11 is 0. The predicted molar refractivity (Wildman–Crippen MR) is 139 cm³/mol. The van der Waals surface area contributed by atoms with E-state index in [0.29, 0.717) is 11.3 Å². The quantitative estimate of drug-likeness (QED) is 0.305. The Labute approximate surface area is 200 Å². The van der Waals surface area contributed by atoms with Gasteiger partial charge >= 0.3 is 0 Å². The Morgan fingerprint density at radius 2 is 1.67 bits per heavy atom. The highest BCUT2D eigenvalue weighted by Gasteiger charge is 2.26. The van der Waals surface area contributed by atoms with Crippen molar-refractivity contribution in [3.63, 3.8) is 0 Å². The molecule has 2 N–H and O–H groups in total. The Bertz CT molecular complexity index is 761. The van der Waals surface area contributed by atoms with Gasteiger partial charge < -0.3 is 10.6 Å². The lowest BCUT2D eigenvalue weighted by atomic mass is 9.91. The molecule has 0 heterocycles. The smallest absolute Gasteiger partial charge is 0.191 e. The summed E-state index contributed by atoms with van der Waals surface area (Å²) in [6.07, 6.45) is 4.28. The number of aliphatic imine (C=N–C) groups is 1. The molecule has 3 rings (SSSR count). The van der Waals surface area contributed by atoms with Crippen LogP contribution in [0.1, 0.15) is 49.7 Å². The lowest BCUT2D eigenvalue weighted by molar-refractivity contribution is 0.413. The van der Waals surface area contributed by atoms with E-state index in [1.54, 1.807) is 0 Å². The summed E-state index contributed by atoms with van der Waals surface area (Å²) in [6.45, 7) is 2.78. The molecule has 4 nitrogen and oxygen atoms in total. The summed E-state index contributed by atoms with van der Waals surface area (Å²) in [7, 11) is 1.11. The fourth-order valence-electron chi connectivity index (χ4n) is 4.14. The maximum atomic E-state index is 12.2. The van der Waals surface area contributed by atoms with E-state index >= 15 is 0 Å². The van der Waals surface area contributed by atoms with Gasteiger partial charge in [0, 0.05) is 47.4 Å². The van der Waals surface area contributed by atoms with Crippen LogP contribution in [0.4, 0.5) is 0 Å². The van der Waals surface area contributed by atoms with E-state index in [-0.39, 0.29) is 29.9 Å². The third-order valence-corrected chi connectivity index (χ3v) is 7.47. The van der Waals surface area contributed by atoms with Gasteiger partial charge in [0.2, 0.25) is 0 Å². The van der Waals surface area contributed by atoms with Crippen molar-refractivity contribution in [3.8, 4) is 0 Å². The summed E-state index contributed by atoms with van der Waals surface area (Å²) < 4.78 is 12.2. The van der Waals surface area contributed by atoms with E-state index in [1.165, 1.54) is 11.1 Å². The van der Waals surface area contributed by atoms with E-state index in [2.05, 4.69) is 76.3 Å². The van der Waals surface area contributed by atoms with Crippen LogP contribution in [0.3, 0.4) is 0 Å². The molecular weight excluding hydrogens is 505 g/mol. The first kappa shape index (κ1) is 24.9. The normalized spacial score (nSPS) is 20.3. The van der Waals surface area contributed by atoms with Crippen LogP contribution in [0, 0.1) is 0 Å². The Morgan fingerprint density at radius 1 is 1.07 bits per heavy atom. The number of nitrogens with zero attached hydrogens (tertiary/aromatic N) is 1. The summed E-state index contributed by atoms with van der Waals surface area (Å²) in [6, 6.07) is 21.5. The van der Waals surface area contributed by atoms with Gasteiger partial charge in [-0.2, -0.15) is 0 Å². The monoisotopic (exact) mass is 539 g/mol. The fraction of sp³-hybridized carbons (Fsp3) is 0.458. The SMILES string of the molecule is CCS(=O)C1CCCC(NC(=NC)NCC(c2ccccc2)c2ccccc2)C1.I. The van der Waals surface area contributed by atoms with E-state index < -0.39 is 10.8 Å². The van der Waals surface area contributed by atoms with Crippen molar-refractivity contribution < 1.29 is 4.21 Å². The molecule has 0 radical (unpaired) electrons. The van der Waals surface area contributed by atoms with Gasteiger partial charge in [0.1, 0.15) is 0 Å². The number of halogens is 1. The summed E-state index contributed by atoms with van der Waals surface area (Å²) in [5.41, 5.74) is 2.58. The van der Waals surface area contributed by atoms with Crippen LogP contribution < -0.4 is 10.6 Å². The van der Waals surface area contributed by atoms with Crippen LogP contribution in [-0.4, -0.2) is 40.8 Å². The van der Waals surface area contributed by atoms with Gasteiger partial charge in [-0.1, -0.05) is 74.0 Å². The topological polar surface area (TPSA) is 53.5 Å². The van der Waals surface area contributed by atoms with Crippen molar-refractivity contribution in [2.45, 2.75) is 49.8 Å². The summed E-state index contributed by atoms with van der Waals surface area (Å²) in [5.74, 6) is 1.83. The largest absolute Gasteiger partial charge is 0.355 e. The van der Waals surface area contributed by atoms with Gasteiger partial charge in [0.15, 0.2) is 5.96 Å². The molecule has 0 aromatic heterocycles. The molecule has 0 aliphatic heterocycles. The van der Waals surface area contributed by atoms with Crippen molar-refractivity contribution in [1.82, 2.24) is 10.6 Å². The van der Waals surface area contributed by atoms with Gasteiger partial charge in [-0.25, -0.2) is 0 Å². The highest BCUT2D eigenvalue weighted by molar-refractivity contribution is 14.0. The van der Waals surface area contributed by atoms with Crippen LogP contribution in [0.15, 0.2) is 65.7 Å². The van der Waals surface area contributed by atoms with Crippen LogP contribution >= 0.6 is 24.0 Å². The zero-order valence-electron chi connectivity index (χ0n) is 17.9. The Morgan fingerprint density at radius 3 is 2.20 bits per heavy atom. The Hall–Kier alpha value is -1.41. The molecule has 1 fully saturated rings. The number of hydrogen-bond donors (Lipinski definition) is 2. The van der Waals surface area contributed by atoms with Gasteiger partial charge in [-0.05, 0) is 30.4 Å². The first-order chi connectivity index (χ1) is 14.2. The molecular formula is C24H34IN3OS. The average molecular weight is 540 g/mol. The summed E-state index contributed by atoms with van der Waals surface area (Å²) in [5, 5.41) is 7.42. The first-order valence-corrected chi connectivity index (χ1v) is 12.0. The van der Waals surface area contributed by atoms with E-state index in [0.717, 1.165) is 43.9 Å². The van der Waals surface area contributed by atoms with Gasteiger partial charge in [-0.3, -0.25) is 9.20 Å². The first-order valence-electron chi connectivity index (χ1n) is 10.7. The number of nitrogens with one attached hydrogen (secondary N) is 2. The van der Waals surface area contributed by atoms with Crippen LogP contribution in [0.2, 0.25) is 0 Å². The van der Waals surface area contributed by atoms with Gasteiger partial charge in [0.05, 0.1) is 0 Å². The molecule has 0 bridgehead atoms. The zero-order chi connectivity index (χ0) is 20.5. The second-order valence-electron chi connectivity index (χ2n) is 7.63. The highest BCUT2D eigenvalue weighted by atomic mass is 127. The molecule has 164 valence electrons. The second-order valence-corrected chi connectivity index (χ2v) is 9.63. The van der Waals surface area contributed by atoms with Crippen LogP contribution in [0.5, 0.6) is 0 Å². The molecule has 2 aromatic carbocycles. The van der Waals surface area contributed by atoms with Crippen molar-refractivity contribution in [1.29, 1.82) is 0 Å².